The Hall–Kier alpha value is -2.62. The van der Waals surface area contributed by atoms with E-state index < -0.39 is 23.1 Å². The molecule has 1 rings (SSSR count). The van der Waals surface area contributed by atoms with E-state index in [1.807, 2.05) is 6.07 Å². The van der Waals surface area contributed by atoms with Crippen LogP contribution in [0, 0.1) is 17.2 Å². The minimum absolute atomic E-state index is 0.0811. The fourth-order valence-electron chi connectivity index (χ4n) is 2.10. The number of aromatic nitrogens is 2. The van der Waals surface area contributed by atoms with Crippen LogP contribution in [0.4, 0.5) is 5.69 Å². The molecular formula is C15H20N4O3. The molecule has 22 heavy (non-hydrogen) atoms. The first-order valence-electron chi connectivity index (χ1n) is 7.05. The van der Waals surface area contributed by atoms with Gasteiger partial charge in [0, 0.05) is 26.3 Å². The third-order valence-electron chi connectivity index (χ3n) is 3.42. The van der Waals surface area contributed by atoms with Crippen molar-refractivity contribution in [2.45, 2.75) is 33.4 Å². The van der Waals surface area contributed by atoms with Crippen molar-refractivity contribution in [3.63, 3.8) is 0 Å². The van der Waals surface area contributed by atoms with Gasteiger partial charge in [-0.25, -0.2) is 4.79 Å². The first kappa shape index (κ1) is 17.4. The molecule has 0 saturated heterocycles. The van der Waals surface area contributed by atoms with Crippen molar-refractivity contribution in [1.29, 1.82) is 5.26 Å². The number of carbonyl (C=O) groups is 1. The zero-order chi connectivity index (χ0) is 16.9. The summed E-state index contributed by atoms with van der Waals surface area (Å²) in [5.41, 5.74) is -0.872. The molecule has 0 aromatic carbocycles. The summed E-state index contributed by atoms with van der Waals surface area (Å²) in [5.74, 6) is -1.40. The van der Waals surface area contributed by atoms with Crippen molar-refractivity contribution in [2.24, 2.45) is 5.92 Å². The number of hydrogen-bond acceptors (Lipinski definition) is 4. The first-order valence-corrected chi connectivity index (χ1v) is 7.05. The van der Waals surface area contributed by atoms with Gasteiger partial charge in [-0.1, -0.05) is 6.08 Å². The number of nitrogens with zero attached hydrogens (tertiary/aromatic N) is 4. The molecule has 0 aliphatic heterocycles. The van der Waals surface area contributed by atoms with Gasteiger partial charge in [-0.3, -0.25) is 18.7 Å². The highest BCUT2D eigenvalue weighted by Crippen LogP contribution is 2.12. The van der Waals surface area contributed by atoms with Gasteiger partial charge < -0.3 is 4.90 Å². The zero-order valence-electron chi connectivity index (χ0n) is 13.1. The summed E-state index contributed by atoms with van der Waals surface area (Å²) in [6, 6.07) is 1.90. The maximum atomic E-state index is 12.4. The lowest BCUT2D eigenvalue weighted by molar-refractivity contribution is -0.120. The molecule has 1 atom stereocenters. The lowest BCUT2D eigenvalue weighted by Gasteiger charge is -2.20. The second-order valence-corrected chi connectivity index (χ2v) is 4.74. The molecule has 1 aromatic rings. The predicted octanol–water partition coefficient (Wildman–Crippen LogP) is 0.728. The molecule has 0 aliphatic carbocycles. The monoisotopic (exact) mass is 304 g/mol. The molecule has 0 N–H and O–H groups in total. The van der Waals surface area contributed by atoms with E-state index in [9.17, 15) is 14.4 Å². The van der Waals surface area contributed by atoms with E-state index in [0.29, 0.717) is 6.54 Å². The van der Waals surface area contributed by atoms with Crippen LogP contribution in [-0.2, 0) is 17.9 Å². The van der Waals surface area contributed by atoms with Crippen LogP contribution in [0.25, 0.3) is 0 Å². The number of anilines is 1. The second kappa shape index (κ2) is 7.41. The van der Waals surface area contributed by atoms with Gasteiger partial charge in [0.1, 0.15) is 11.6 Å². The Kier molecular flexibility index (Phi) is 5.87. The summed E-state index contributed by atoms with van der Waals surface area (Å²) >= 11 is 0. The molecule has 7 heteroatoms. The van der Waals surface area contributed by atoms with Crippen LogP contribution in [0.1, 0.15) is 20.3 Å². The van der Waals surface area contributed by atoms with Crippen molar-refractivity contribution < 1.29 is 4.79 Å². The van der Waals surface area contributed by atoms with Gasteiger partial charge in [0.05, 0.1) is 6.07 Å². The first-order chi connectivity index (χ1) is 10.4. The van der Waals surface area contributed by atoms with Crippen molar-refractivity contribution in [2.75, 3.05) is 11.9 Å². The van der Waals surface area contributed by atoms with Crippen LogP contribution in [-0.4, -0.2) is 22.1 Å². The normalized spacial score (nSPS) is 11.5. The van der Waals surface area contributed by atoms with E-state index in [1.54, 1.807) is 13.8 Å². The smallest absolute Gasteiger partial charge is 0.308 e. The maximum absolute atomic E-state index is 12.4. The Morgan fingerprint density at radius 3 is 2.55 bits per heavy atom. The van der Waals surface area contributed by atoms with Crippen LogP contribution in [0.15, 0.2) is 28.4 Å². The highest BCUT2D eigenvalue weighted by Gasteiger charge is 2.24. The highest BCUT2D eigenvalue weighted by atomic mass is 16.2. The standard InChI is InChI=1S/C15H20N4O3/c1-5-8-11(9-16)13(20)17(4)12-10-18(6-2)15(22)19(7-3)14(12)21/h5,10-11H,1,6-8H2,2-4H3. The highest BCUT2D eigenvalue weighted by molar-refractivity contribution is 5.95. The van der Waals surface area contributed by atoms with Gasteiger partial charge >= 0.3 is 5.69 Å². The molecule has 1 unspecified atom stereocenters. The summed E-state index contributed by atoms with van der Waals surface area (Å²) in [6.45, 7) is 7.56. The van der Waals surface area contributed by atoms with Gasteiger partial charge in [-0.05, 0) is 20.3 Å². The average Bonchev–Trinajstić information content (AvgIpc) is 2.52. The molecule has 0 bridgehead atoms. The quantitative estimate of drug-likeness (QED) is 0.725. The van der Waals surface area contributed by atoms with E-state index in [1.165, 1.54) is 23.9 Å². The Morgan fingerprint density at radius 1 is 1.45 bits per heavy atom. The van der Waals surface area contributed by atoms with Gasteiger partial charge in [0.25, 0.3) is 5.56 Å². The van der Waals surface area contributed by atoms with Gasteiger partial charge in [-0.15, -0.1) is 6.58 Å². The molecule has 1 heterocycles. The second-order valence-electron chi connectivity index (χ2n) is 4.74. The molecule has 1 amide bonds. The lowest BCUT2D eigenvalue weighted by atomic mass is 10.1. The van der Waals surface area contributed by atoms with Crippen LogP contribution in [0.5, 0.6) is 0 Å². The van der Waals surface area contributed by atoms with Gasteiger partial charge in [0.2, 0.25) is 5.91 Å². The van der Waals surface area contributed by atoms with Crippen LogP contribution < -0.4 is 16.1 Å². The molecule has 0 fully saturated rings. The fourth-order valence-corrected chi connectivity index (χ4v) is 2.10. The van der Waals surface area contributed by atoms with Crippen molar-refractivity contribution in [3.05, 3.63) is 39.7 Å². The number of amides is 1. The van der Waals surface area contributed by atoms with E-state index in [2.05, 4.69) is 6.58 Å². The van der Waals surface area contributed by atoms with Crippen molar-refractivity contribution in [3.8, 4) is 6.07 Å². The van der Waals surface area contributed by atoms with Crippen molar-refractivity contribution in [1.82, 2.24) is 9.13 Å². The molecule has 0 saturated carbocycles. The largest absolute Gasteiger partial charge is 0.331 e. The maximum Gasteiger partial charge on any atom is 0.331 e. The van der Waals surface area contributed by atoms with Crippen LogP contribution in [0.2, 0.25) is 0 Å². The fraction of sp³-hybridized carbons (Fsp3) is 0.467. The Labute approximate surface area is 128 Å². The summed E-state index contributed by atoms with van der Waals surface area (Å²) in [5, 5.41) is 9.05. The Morgan fingerprint density at radius 2 is 2.09 bits per heavy atom. The third-order valence-corrected chi connectivity index (χ3v) is 3.42. The SMILES string of the molecule is C=CCC(C#N)C(=O)N(C)c1cn(CC)c(=O)n(CC)c1=O. The van der Waals surface area contributed by atoms with Crippen LogP contribution >= 0.6 is 0 Å². The third kappa shape index (κ3) is 3.17. The minimum Gasteiger partial charge on any atom is -0.308 e. The molecule has 0 spiro atoms. The zero-order valence-corrected chi connectivity index (χ0v) is 13.1. The van der Waals surface area contributed by atoms with E-state index in [0.717, 1.165) is 9.47 Å². The van der Waals surface area contributed by atoms with Gasteiger partial charge in [0.15, 0.2) is 0 Å². The minimum atomic E-state index is -0.904. The topological polar surface area (TPSA) is 88.1 Å². The molecule has 7 nitrogen and oxygen atoms in total. The van der Waals surface area contributed by atoms with Gasteiger partial charge in [-0.2, -0.15) is 5.26 Å². The Balaban J connectivity index is 3.41. The lowest BCUT2D eigenvalue weighted by Crippen LogP contribution is -2.44. The number of rotatable bonds is 6. The molecule has 0 aliphatic rings. The summed E-state index contributed by atoms with van der Waals surface area (Å²) in [4.78, 5) is 37.9. The van der Waals surface area contributed by atoms with E-state index in [-0.39, 0.29) is 18.7 Å². The number of allylic oxidation sites excluding steroid dienone is 1. The number of nitriles is 1. The van der Waals surface area contributed by atoms with E-state index >= 15 is 0 Å². The number of hydrogen-bond donors (Lipinski definition) is 0. The predicted molar refractivity (Wildman–Crippen MR) is 83.6 cm³/mol. The molecular weight excluding hydrogens is 284 g/mol. The molecule has 1 aromatic heterocycles. The van der Waals surface area contributed by atoms with Crippen LogP contribution in [0.3, 0.4) is 0 Å². The number of aryl methyl sites for hydroxylation is 1. The van der Waals surface area contributed by atoms with E-state index in [4.69, 9.17) is 5.26 Å². The Bertz CT molecular complexity index is 724. The van der Waals surface area contributed by atoms with Crippen molar-refractivity contribution >= 4 is 11.6 Å². The molecule has 0 radical (unpaired) electrons. The number of carbonyl (C=O) groups excluding carboxylic acids is 1. The summed E-state index contributed by atoms with van der Waals surface area (Å²) in [6.07, 6.45) is 3.04. The molecule has 118 valence electrons. The summed E-state index contributed by atoms with van der Waals surface area (Å²) < 4.78 is 2.43. The average molecular weight is 304 g/mol. The summed E-state index contributed by atoms with van der Waals surface area (Å²) in [7, 11) is 1.43.